The Hall–Kier alpha value is -0.760. The SMILES string of the molecule is CCCCCC(O)(c1ccc(Cl)cc1)C1C=CC(Cl)=CC1. The standard InChI is InChI=1S/C18H22Cl2O/c1-2-3-4-13-18(21,14-5-9-16(19)10-6-14)15-7-11-17(20)12-8-15/h5-7,9-12,15,21H,2-4,8,13H2,1H3. The average Bonchev–Trinajstić information content (AvgIpc) is 2.48. The Morgan fingerprint density at radius 3 is 2.48 bits per heavy atom. The second-order valence-electron chi connectivity index (χ2n) is 5.68. The van der Waals surface area contributed by atoms with Gasteiger partial charge in [-0.2, -0.15) is 0 Å². The molecule has 21 heavy (non-hydrogen) atoms. The average molecular weight is 325 g/mol. The Morgan fingerprint density at radius 1 is 1.19 bits per heavy atom. The normalized spacial score (nSPS) is 21.0. The number of hydrogen-bond donors (Lipinski definition) is 1. The molecule has 0 bridgehead atoms. The summed E-state index contributed by atoms with van der Waals surface area (Å²) in [6.45, 7) is 2.17. The molecular weight excluding hydrogens is 303 g/mol. The van der Waals surface area contributed by atoms with Crippen molar-refractivity contribution >= 4 is 23.2 Å². The van der Waals surface area contributed by atoms with E-state index in [9.17, 15) is 5.11 Å². The van der Waals surface area contributed by atoms with Crippen LogP contribution in [-0.4, -0.2) is 5.11 Å². The molecule has 1 N–H and O–H groups in total. The molecule has 0 spiro atoms. The van der Waals surface area contributed by atoms with Gasteiger partial charge in [0.05, 0.1) is 5.60 Å². The fraction of sp³-hybridized carbons (Fsp3) is 0.444. The van der Waals surface area contributed by atoms with Crippen molar-refractivity contribution in [2.45, 2.75) is 44.6 Å². The number of benzene rings is 1. The van der Waals surface area contributed by atoms with E-state index in [1.54, 1.807) is 0 Å². The zero-order valence-corrected chi connectivity index (χ0v) is 13.9. The molecule has 0 saturated carbocycles. The fourth-order valence-corrected chi connectivity index (χ4v) is 3.16. The number of allylic oxidation sites excluding steroid dienone is 3. The van der Waals surface area contributed by atoms with Crippen molar-refractivity contribution in [1.82, 2.24) is 0 Å². The van der Waals surface area contributed by atoms with E-state index in [1.165, 1.54) is 0 Å². The largest absolute Gasteiger partial charge is 0.385 e. The van der Waals surface area contributed by atoms with Crippen molar-refractivity contribution in [3.8, 4) is 0 Å². The maximum atomic E-state index is 11.3. The molecule has 1 aromatic carbocycles. The van der Waals surface area contributed by atoms with Gasteiger partial charge in [-0.25, -0.2) is 0 Å². The van der Waals surface area contributed by atoms with Gasteiger partial charge >= 0.3 is 0 Å². The molecule has 0 heterocycles. The summed E-state index contributed by atoms with van der Waals surface area (Å²) in [6, 6.07) is 7.55. The lowest BCUT2D eigenvalue weighted by atomic mass is 9.75. The Labute approximate surface area is 137 Å². The van der Waals surface area contributed by atoms with Crippen LogP contribution >= 0.6 is 23.2 Å². The number of aliphatic hydroxyl groups is 1. The summed E-state index contributed by atoms with van der Waals surface area (Å²) < 4.78 is 0. The molecule has 0 radical (unpaired) electrons. The second kappa shape index (κ2) is 7.49. The van der Waals surface area contributed by atoms with E-state index < -0.39 is 5.60 Å². The molecule has 1 nitrogen and oxygen atoms in total. The smallest absolute Gasteiger partial charge is 0.0961 e. The molecule has 1 aromatic rings. The molecule has 0 fully saturated rings. The molecule has 0 aromatic heterocycles. The van der Waals surface area contributed by atoms with Gasteiger partial charge in [0.1, 0.15) is 0 Å². The first-order valence-electron chi connectivity index (χ1n) is 7.58. The van der Waals surface area contributed by atoms with Gasteiger partial charge in [-0.15, -0.1) is 0 Å². The lowest BCUT2D eigenvalue weighted by molar-refractivity contribution is -0.0159. The first-order valence-corrected chi connectivity index (χ1v) is 8.34. The fourth-order valence-electron chi connectivity index (χ4n) is 2.88. The van der Waals surface area contributed by atoms with Crippen LogP contribution in [0, 0.1) is 5.92 Å². The lowest BCUT2D eigenvalue weighted by Crippen LogP contribution is -2.34. The molecule has 114 valence electrons. The maximum Gasteiger partial charge on any atom is 0.0961 e. The van der Waals surface area contributed by atoms with Crippen molar-refractivity contribution in [2.75, 3.05) is 0 Å². The summed E-state index contributed by atoms with van der Waals surface area (Å²) in [5.41, 5.74) is 0.0775. The van der Waals surface area contributed by atoms with Crippen LogP contribution in [0.5, 0.6) is 0 Å². The Balaban J connectivity index is 2.25. The Bertz CT molecular complexity index is 519. The van der Waals surface area contributed by atoms with E-state index in [2.05, 4.69) is 6.92 Å². The number of unbranched alkanes of at least 4 members (excludes halogenated alkanes) is 2. The molecule has 2 atom stereocenters. The van der Waals surface area contributed by atoms with Gasteiger partial charge in [0, 0.05) is 16.0 Å². The topological polar surface area (TPSA) is 20.2 Å². The summed E-state index contributed by atoms with van der Waals surface area (Å²) >= 11 is 12.0. The van der Waals surface area contributed by atoms with Crippen LogP contribution in [0.2, 0.25) is 5.02 Å². The first kappa shape index (κ1) is 16.6. The van der Waals surface area contributed by atoms with Gasteiger partial charge in [-0.1, -0.05) is 73.7 Å². The molecule has 2 rings (SSSR count). The van der Waals surface area contributed by atoms with Crippen molar-refractivity contribution < 1.29 is 5.11 Å². The van der Waals surface area contributed by atoms with Gasteiger partial charge in [0.2, 0.25) is 0 Å². The van der Waals surface area contributed by atoms with Crippen LogP contribution < -0.4 is 0 Å². The van der Waals surface area contributed by atoms with Gasteiger partial charge in [0.25, 0.3) is 0 Å². The van der Waals surface area contributed by atoms with E-state index in [-0.39, 0.29) is 5.92 Å². The minimum absolute atomic E-state index is 0.0537. The second-order valence-corrected chi connectivity index (χ2v) is 6.55. The predicted molar refractivity (Wildman–Crippen MR) is 90.7 cm³/mol. The molecule has 3 heteroatoms. The molecular formula is C18H22Cl2O. The number of hydrogen-bond acceptors (Lipinski definition) is 1. The molecule has 1 aliphatic rings. The predicted octanol–water partition coefficient (Wildman–Crippen LogP) is 5.81. The third-order valence-electron chi connectivity index (χ3n) is 4.17. The number of halogens is 2. The highest BCUT2D eigenvalue weighted by Crippen LogP contribution is 2.40. The highest BCUT2D eigenvalue weighted by Gasteiger charge is 2.36. The van der Waals surface area contributed by atoms with Gasteiger partial charge in [-0.3, -0.25) is 0 Å². The van der Waals surface area contributed by atoms with Crippen LogP contribution in [0.15, 0.2) is 47.5 Å². The van der Waals surface area contributed by atoms with E-state index in [1.807, 2.05) is 42.5 Å². The first-order chi connectivity index (χ1) is 10.1. The monoisotopic (exact) mass is 324 g/mol. The summed E-state index contributed by atoms with van der Waals surface area (Å²) in [5.74, 6) is 0.0537. The molecule has 1 aliphatic carbocycles. The number of rotatable bonds is 6. The summed E-state index contributed by atoms with van der Waals surface area (Å²) in [5, 5.41) is 12.8. The minimum atomic E-state index is -0.857. The maximum absolute atomic E-state index is 11.3. The van der Waals surface area contributed by atoms with Crippen LogP contribution in [0.1, 0.15) is 44.6 Å². The highest BCUT2D eigenvalue weighted by atomic mass is 35.5. The summed E-state index contributed by atoms with van der Waals surface area (Å²) in [6.07, 6.45) is 10.7. The Morgan fingerprint density at radius 2 is 1.90 bits per heavy atom. The van der Waals surface area contributed by atoms with Crippen LogP contribution in [-0.2, 0) is 5.60 Å². The zero-order chi connectivity index (χ0) is 15.3. The van der Waals surface area contributed by atoms with Crippen molar-refractivity contribution in [3.63, 3.8) is 0 Å². The van der Waals surface area contributed by atoms with Crippen LogP contribution in [0.3, 0.4) is 0 Å². The van der Waals surface area contributed by atoms with Crippen molar-refractivity contribution in [2.24, 2.45) is 5.92 Å². The molecule has 0 saturated heterocycles. The van der Waals surface area contributed by atoms with Crippen LogP contribution in [0.4, 0.5) is 0 Å². The minimum Gasteiger partial charge on any atom is -0.385 e. The van der Waals surface area contributed by atoms with E-state index in [0.29, 0.717) is 5.02 Å². The zero-order valence-electron chi connectivity index (χ0n) is 12.4. The quantitative estimate of drug-likeness (QED) is 0.655. The molecule has 0 aliphatic heterocycles. The van der Waals surface area contributed by atoms with Crippen LogP contribution in [0.25, 0.3) is 0 Å². The van der Waals surface area contributed by atoms with E-state index >= 15 is 0 Å². The lowest BCUT2D eigenvalue weighted by Gasteiger charge is -2.36. The van der Waals surface area contributed by atoms with E-state index in [0.717, 1.165) is 42.7 Å². The summed E-state index contributed by atoms with van der Waals surface area (Å²) in [4.78, 5) is 0. The third kappa shape index (κ3) is 4.12. The Kier molecular flexibility index (Phi) is 5.92. The van der Waals surface area contributed by atoms with Gasteiger partial charge < -0.3 is 5.11 Å². The van der Waals surface area contributed by atoms with Crippen molar-refractivity contribution in [1.29, 1.82) is 0 Å². The summed E-state index contributed by atoms with van der Waals surface area (Å²) in [7, 11) is 0. The van der Waals surface area contributed by atoms with E-state index in [4.69, 9.17) is 23.2 Å². The van der Waals surface area contributed by atoms with Gasteiger partial charge in [0.15, 0.2) is 0 Å². The van der Waals surface area contributed by atoms with Gasteiger partial charge in [-0.05, 0) is 36.6 Å². The highest BCUT2D eigenvalue weighted by molar-refractivity contribution is 6.31. The molecule has 0 amide bonds. The molecule has 2 unspecified atom stereocenters. The van der Waals surface area contributed by atoms with Crippen molar-refractivity contribution in [3.05, 3.63) is 58.1 Å². The third-order valence-corrected chi connectivity index (χ3v) is 4.71.